The molecular weight excluding hydrogens is 288 g/mol. The fourth-order valence-electron chi connectivity index (χ4n) is 3.03. The van der Waals surface area contributed by atoms with Crippen molar-refractivity contribution >= 4 is 17.5 Å². The minimum absolute atomic E-state index is 0.338. The Hall–Kier alpha value is -2.36. The molecule has 1 amide bonds. The predicted octanol–water partition coefficient (Wildman–Crippen LogP) is 4.94. The standard InChI is InChI=1S/C19H22N2O2/c22-19(23-15-16-8-3-1-4-9-16)21(17-10-5-2-6-11-17)18-12-7-13-20-14-18/h2,5-7,10-14,16H,1,3-4,8-9,15H2. The van der Waals surface area contributed by atoms with Gasteiger partial charge in [0.15, 0.2) is 0 Å². The summed E-state index contributed by atoms with van der Waals surface area (Å²) < 4.78 is 5.61. The van der Waals surface area contributed by atoms with Gasteiger partial charge in [0.1, 0.15) is 0 Å². The van der Waals surface area contributed by atoms with Gasteiger partial charge in [-0.1, -0.05) is 37.5 Å². The fraction of sp³-hybridized carbons (Fsp3) is 0.368. The number of rotatable bonds is 4. The zero-order valence-electron chi connectivity index (χ0n) is 13.2. The highest BCUT2D eigenvalue weighted by Gasteiger charge is 2.22. The molecule has 1 fully saturated rings. The normalized spacial score (nSPS) is 15.1. The molecule has 1 saturated carbocycles. The Morgan fingerprint density at radius 3 is 2.48 bits per heavy atom. The van der Waals surface area contributed by atoms with Gasteiger partial charge < -0.3 is 4.74 Å². The number of carbonyl (C=O) groups is 1. The highest BCUT2D eigenvalue weighted by atomic mass is 16.6. The number of benzene rings is 1. The third-order valence-corrected chi connectivity index (χ3v) is 4.27. The monoisotopic (exact) mass is 310 g/mol. The van der Waals surface area contributed by atoms with E-state index in [4.69, 9.17) is 4.74 Å². The maximum Gasteiger partial charge on any atom is 0.419 e. The van der Waals surface area contributed by atoms with Crippen LogP contribution < -0.4 is 4.90 Å². The number of anilines is 2. The molecule has 2 aromatic rings. The van der Waals surface area contributed by atoms with E-state index < -0.39 is 0 Å². The van der Waals surface area contributed by atoms with Crippen molar-refractivity contribution in [2.45, 2.75) is 32.1 Å². The van der Waals surface area contributed by atoms with Crippen LogP contribution in [0.15, 0.2) is 54.9 Å². The van der Waals surface area contributed by atoms with E-state index in [1.165, 1.54) is 19.3 Å². The van der Waals surface area contributed by atoms with E-state index in [9.17, 15) is 4.79 Å². The molecular formula is C19H22N2O2. The van der Waals surface area contributed by atoms with Crippen LogP contribution >= 0.6 is 0 Å². The number of amides is 1. The number of aromatic nitrogens is 1. The van der Waals surface area contributed by atoms with Crippen LogP contribution in [0.3, 0.4) is 0 Å². The molecule has 1 aromatic carbocycles. The zero-order valence-corrected chi connectivity index (χ0v) is 13.2. The van der Waals surface area contributed by atoms with Crippen LogP contribution in [0.5, 0.6) is 0 Å². The van der Waals surface area contributed by atoms with Gasteiger partial charge in [0.2, 0.25) is 0 Å². The van der Waals surface area contributed by atoms with Crippen molar-refractivity contribution < 1.29 is 9.53 Å². The number of ether oxygens (including phenoxy) is 1. The molecule has 3 rings (SSSR count). The number of hydrogen-bond donors (Lipinski definition) is 0. The molecule has 0 spiro atoms. The maximum atomic E-state index is 12.7. The molecule has 0 aliphatic heterocycles. The summed E-state index contributed by atoms with van der Waals surface area (Å²) in [6.45, 7) is 0.502. The molecule has 1 aliphatic carbocycles. The molecule has 0 bridgehead atoms. The second kappa shape index (κ2) is 7.77. The molecule has 1 aliphatic rings. The summed E-state index contributed by atoms with van der Waals surface area (Å²) in [7, 11) is 0. The summed E-state index contributed by atoms with van der Waals surface area (Å²) >= 11 is 0. The van der Waals surface area contributed by atoms with Crippen molar-refractivity contribution in [3.63, 3.8) is 0 Å². The first-order valence-electron chi connectivity index (χ1n) is 8.26. The molecule has 120 valence electrons. The average molecular weight is 310 g/mol. The van der Waals surface area contributed by atoms with Gasteiger partial charge in [-0.15, -0.1) is 0 Å². The number of pyridine rings is 1. The Labute approximate surface area is 137 Å². The first kappa shape index (κ1) is 15.5. The summed E-state index contributed by atoms with van der Waals surface area (Å²) in [4.78, 5) is 18.4. The molecule has 0 saturated heterocycles. The lowest BCUT2D eigenvalue weighted by Gasteiger charge is -2.25. The van der Waals surface area contributed by atoms with Gasteiger partial charge in [-0.05, 0) is 43.0 Å². The lowest BCUT2D eigenvalue weighted by atomic mass is 9.90. The SMILES string of the molecule is O=C(OCC1CCCCC1)N(c1ccccc1)c1cccnc1. The number of nitrogens with zero attached hydrogens (tertiary/aromatic N) is 2. The highest BCUT2D eigenvalue weighted by Crippen LogP contribution is 2.27. The van der Waals surface area contributed by atoms with Crippen LogP contribution in [-0.2, 0) is 4.74 Å². The van der Waals surface area contributed by atoms with Gasteiger partial charge in [0.05, 0.1) is 24.2 Å². The van der Waals surface area contributed by atoms with E-state index >= 15 is 0 Å². The Morgan fingerprint density at radius 1 is 1.04 bits per heavy atom. The predicted molar refractivity (Wildman–Crippen MR) is 90.7 cm³/mol. The topological polar surface area (TPSA) is 42.4 Å². The van der Waals surface area contributed by atoms with Crippen molar-refractivity contribution in [2.75, 3.05) is 11.5 Å². The van der Waals surface area contributed by atoms with Crippen molar-refractivity contribution in [1.29, 1.82) is 0 Å². The average Bonchev–Trinajstić information content (AvgIpc) is 2.63. The van der Waals surface area contributed by atoms with Gasteiger partial charge in [0, 0.05) is 6.20 Å². The third kappa shape index (κ3) is 4.09. The Bertz CT molecular complexity index is 570. The van der Waals surface area contributed by atoms with E-state index in [1.54, 1.807) is 17.3 Å². The van der Waals surface area contributed by atoms with Gasteiger partial charge >= 0.3 is 6.09 Å². The van der Waals surface area contributed by atoms with Crippen LogP contribution in [0.1, 0.15) is 32.1 Å². The molecule has 1 heterocycles. The molecule has 0 unspecified atom stereocenters. The summed E-state index contributed by atoms with van der Waals surface area (Å²) in [5.74, 6) is 0.499. The number of para-hydroxylation sites is 1. The van der Waals surface area contributed by atoms with Crippen molar-refractivity contribution in [1.82, 2.24) is 4.98 Å². The smallest absolute Gasteiger partial charge is 0.419 e. The second-order valence-electron chi connectivity index (χ2n) is 5.96. The second-order valence-corrected chi connectivity index (χ2v) is 5.96. The van der Waals surface area contributed by atoms with Gasteiger partial charge in [-0.3, -0.25) is 4.98 Å². The van der Waals surface area contributed by atoms with E-state index in [1.807, 2.05) is 42.5 Å². The largest absolute Gasteiger partial charge is 0.449 e. The first-order chi connectivity index (χ1) is 11.3. The van der Waals surface area contributed by atoms with Gasteiger partial charge in [-0.25, -0.2) is 9.69 Å². The van der Waals surface area contributed by atoms with Crippen LogP contribution in [0, 0.1) is 5.92 Å². The van der Waals surface area contributed by atoms with Crippen LogP contribution in [0.25, 0.3) is 0 Å². The number of hydrogen-bond acceptors (Lipinski definition) is 3. The molecule has 4 heteroatoms. The summed E-state index contributed by atoms with van der Waals surface area (Å²) in [5.41, 5.74) is 1.50. The minimum Gasteiger partial charge on any atom is -0.449 e. The fourth-order valence-corrected chi connectivity index (χ4v) is 3.03. The lowest BCUT2D eigenvalue weighted by Crippen LogP contribution is -2.29. The first-order valence-corrected chi connectivity index (χ1v) is 8.26. The Balaban J connectivity index is 1.74. The van der Waals surface area contributed by atoms with Crippen molar-refractivity contribution in [3.05, 3.63) is 54.9 Å². The molecule has 0 atom stereocenters. The van der Waals surface area contributed by atoms with Crippen molar-refractivity contribution in [3.8, 4) is 0 Å². The van der Waals surface area contributed by atoms with E-state index in [-0.39, 0.29) is 6.09 Å². The van der Waals surface area contributed by atoms with Gasteiger partial charge in [0.25, 0.3) is 0 Å². The number of carbonyl (C=O) groups excluding carboxylic acids is 1. The van der Waals surface area contributed by atoms with Crippen molar-refractivity contribution in [2.24, 2.45) is 5.92 Å². The van der Waals surface area contributed by atoms with Crippen LogP contribution in [0.2, 0.25) is 0 Å². The van der Waals surface area contributed by atoms with E-state index in [2.05, 4.69) is 4.98 Å². The Kier molecular flexibility index (Phi) is 5.25. The minimum atomic E-state index is -0.338. The summed E-state index contributed by atoms with van der Waals surface area (Å²) in [6.07, 6.45) is 9.14. The van der Waals surface area contributed by atoms with Crippen LogP contribution in [0.4, 0.5) is 16.2 Å². The molecule has 1 aromatic heterocycles. The maximum absolute atomic E-state index is 12.7. The molecule has 0 N–H and O–H groups in total. The Morgan fingerprint density at radius 2 is 1.78 bits per heavy atom. The van der Waals surface area contributed by atoms with E-state index in [0.29, 0.717) is 18.2 Å². The molecule has 0 radical (unpaired) electrons. The lowest BCUT2D eigenvalue weighted by molar-refractivity contribution is 0.124. The molecule has 23 heavy (non-hydrogen) atoms. The highest BCUT2D eigenvalue weighted by molar-refractivity contribution is 5.95. The summed E-state index contributed by atoms with van der Waals surface area (Å²) in [6, 6.07) is 13.2. The quantitative estimate of drug-likeness (QED) is 0.803. The third-order valence-electron chi connectivity index (χ3n) is 4.27. The molecule has 4 nitrogen and oxygen atoms in total. The zero-order chi connectivity index (χ0) is 15.9. The summed E-state index contributed by atoms with van der Waals surface area (Å²) in [5, 5.41) is 0. The van der Waals surface area contributed by atoms with E-state index in [0.717, 1.165) is 18.5 Å². The van der Waals surface area contributed by atoms with Crippen LogP contribution in [-0.4, -0.2) is 17.7 Å². The van der Waals surface area contributed by atoms with Gasteiger partial charge in [-0.2, -0.15) is 0 Å².